The summed E-state index contributed by atoms with van der Waals surface area (Å²) in [5.41, 5.74) is 0.825. The van der Waals surface area contributed by atoms with E-state index in [1.807, 2.05) is 24.3 Å². The highest BCUT2D eigenvalue weighted by Gasteiger charge is 2.14. The molecular weight excluding hydrogens is 282 g/mol. The van der Waals surface area contributed by atoms with Gasteiger partial charge in [0.05, 0.1) is 12.5 Å². The SMILES string of the molecule is CN(C)C(=O)CC(C#N)Nc1ccc(Br)cc1. The molecular formula is C12H14BrN3O. The van der Waals surface area contributed by atoms with Crippen LogP contribution in [-0.2, 0) is 4.79 Å². The molecule has 1 aromatic rings. The Morgan fingerprint density at radius 2 is 2.06 bits per heavy atom. The Balaban J connectivity index is 2.62. The first kappa shape index (κ1) is 13.5. The van der Waals surface area contributed by atoms with Crippen molar-refractivity contribution in [3.63, 3.8) is 0 Å². The molecule has 1 atom stereocenters. The van der Waals surface area contributed by atoms with Gasteiger partial charge in [-0.15, -0.1) is 0 Å². The average molecular weight is 296 g/mol. The fourth-order valence-electron chi connectivity index (χ4n) is 1.23. The Bertz CT molecular complexity index is 422. The molecule has 5 heteroatoms. The summed E-state index contributed by atoms with van der Waals surface area (Å²) in [7, 11) is 3.35. The number of anilines is 1. The molecule has 0 spiro atoms. The minimum atomic E-state index is -0.508. The molecule has 90 valence electrons. The van der Waals surface area contributed by atoms with E-state index >= 15 is 0 Å². The molecule has 0 saturated carbocycles. The van der Waals surface area contributed by atoms with E-state index in [1.54, 1.807) is 14.1 Å². The van der Waals surface area contributed by atoms with E-state index in [1.165, 1.54) is 4.90 Å². The molecule has 0 saturated heterocycles. The maximum Gasteiger partial charge on any atom is 0.225 e. The van der Waals surface area contributed by atoms with Gasteiger partial charge in [0.25, 0.3) is 0 Å². The van der Waals surface area contributed by atoms with Gasteiger partial charge < -0.3 is 10.2 Å². The minimum absolute atomic E-state index is 0.0684. The third kappa shape index (κ3) is 4.45. The van der Waals surface area contributed by atoms with Gasteiger partial charge in [0.1, 0.15) is 6.04 Å². The second-order valence-corrected chi connectivity index (χ2v) is 4.74. The van der Waals surface area contributed by atoms with Crippen molar-refractivity contribution in [2.45, 2.75) is 12.5 Å². The number of carbonyl (C=O) groups is 1. The van der Waals surface area contributed by atoms with E-state index in [9.17, 15) is 4.79 Å². The van der Waals surface area contributed by atoms with Gasteiger partial charge in [-0.05, 0) is 24.3 Å². The van der Waals surface area contributed by atoms with Crippen LogP contribution in [-0.4, -0.2) is 30.9 Å². The van der Waals surface area contributed by atoms with Crippen molar-refractivity contribution in [2.24, 2.45) is 0 Å². The number of amides is 1. The van der Waals surface area contributed by atoms with Crippen LogP contribution < -0.4 is 5.32 Å². The van der Waals surface area contributed by atoms with Crippen LogP contribution in [0.2, 0.25) is 0 Å². The first-order valence-corrected chi connectivity index (χ1v) is 5.94. The lowest BCUT2D eigenvalue weighted by molar-refractivity contribution is -0.128. The Morgan fingerprint density at radius 1 is 1.47 bits per heavy atom. The summed E-state index contributed by atoms with van der Waals surface area (Å²) in [5.74, 6) is -0.0684. The number of halogens is 1. The number of hydrogen-bond donors (Lipinski definition) is 1. The van der Waals surface area contributed by atoms with Crippen LogP contribution in [0.1, 0.15) is 6.42 Å². The van der Waals surface area contributed by atoms with Crippen LogP contribution in [0.15, 0.2) is 28.7 Å². The van der Waals surface area contributed by atoms with Crippen LogP contribution in [0.4, 0.5) is 5.69 Å². The number of carbonyl (C=O) groups excluding carboxylic acids is 1. The molecule has 4 nitrogen and oxygen atoms in total. The zero-order valence-corrected chi connectivity index (χ0v) is 11.4. The van der Waals surface area contributed by atoms with E-state index in [0.29, 0.717) is 0 Å². The molecule has 0 radical (unpaired) electrons. The Kier molecular flexibility index (Phi) is 4.98. The molecule has 1 rings (SSSR count). The van der Waals surface area contributed by atoms with Crippen LogP contribution in [0.5, 0.6) is 0 Å². The molecule has 1 amide bonds. The van der Waals surface area contributed by atoms with Crippen molar-refractivity contribution < 1.29 is 4.79 Å². The van der Waals surface area contributed by atoms with Crippen LogP contribution >= 0.6 is 15.9 Å². The van der Waals surface area contributed by atoms with Gasteiger partial charge in [0.15, 0.2) is 0 Å². The molecule has 1 aromatic carbocycles. The van der Waals surface area contributed by atoms with Crippen molar-refractivity contribution in [3.05, 3.63) is 28.7 Å². The summed E-state index contributed by atoms with van der Waals surface area (Å²) in [6.07, 6.45) is 0.166. The molecule has 0 aromatic heterocycles. The lowest BCUT2D eigenvalue weighted by Gasteiger charge is -2.15. The van der Waals surface area contributed by atoms with E-state index in [0.717, 1.165) is 10.2 Å². The zero-order valence-electron chi connectivity index (χ0n) is 9.77. The van der Waals surface area contributed by atoms with Crippen molar-refractivity contribution in [3.8, 4) is 6.07 Å². The van der Waals surface area contributed by atoms with Crippen LogP contribution in [0, 0.1) is 11.3 Å². The topological polar surface area (TPSA) is 56.1 Å². The second kappa shape index (κ2) is 6.26. The zero-order chi connectivity index (χ0) is 12.8. The summed E-state index contributed by atoms with van der Waals surface area (Å²) < 4.78 is 0.973. The fourth-order valence-corrected chi connectivity index (χ4v) is 1.50. The summed E-state index contributed by atoms with van der Waals surface area (Å²) in [6, 6.07) is 9.04. The number of benzene rings is 1. The van der Waals surface area contributed by atoms with Gasteiger partial charge in [-0.1, -0.05) is 15.9 Å². The lowest BCUT2D eigenvalue weighted by atomic mass is 10.2. The molecule has 1 unspecified atom stereocenters. The Hall–Kier alpha value is -1.54. The molecule has 0 bridgehead atoms. The number of nitrogens with zero attached hydrogens (tertiary/aromatic N) is 2. The highest BCUT2D eigenvalue weighted by atomic mass is 79.9. The predicted octanol–water partition coefficient (Wildman–Crippen LogP) is 2.23. The van der Waals surface area contributed by atoms with E-state index in [-0.39, 0.29) is 12.3 Å². The standard InChI is InChI=1S/C12H14BrN3O/c1-16(2)12(17)7-11(8-14)15-10-5-3-9(13)4-6-10/h3-6,11,15H,7H2,1-2H3. The molecule has 0 heterocycles. The van der Waals surface area contributed by atoms with Gasteiger partial charge >= 0.3 is 0 Å². The number of hydrogen-bond acceptors (Lipinski definition) is 3. The maximum atomic E-state index is 11.5. The first-order chi connectivity index (χ1) is 8.02. The lowest BCUT2D eigenvalue weighted by Crippen LogP contribution is -2.29. The van der Waals surface area contributed by atoms with Crippen molar-refractivity contribution in [1.29, 1.82) is 5.26 Å². The van der Waals surface area contributed by atoms with Gasteiger partial charge in [-0.25, -0.2) is 0 Å². The molecule has 0 aliphatic carbocycles. The molecule has 17 heavy (non-hydrogen) atoms. The minimum Gasteiger partial charge on any atom is -0.369 e. The fraction of sp³-hybridized carbons (Fsp3) is 0.333. The molecule has 1 N–H and O–H groups in total. The van der Waals surface area contributed by atoms with Crippen LogP contribution in [0.25, 0.3) is 0 Å². The summed E-state index contributed by atoms with van der Waals surface area (Å²) in [5, 5.41) is 12.0. The van der Waals surface area contributed by atoms with Gasteiger partial charge in [-0.3, -0.25) is 4.79 Å². The number of nitriles is 1. The second-order valence-electron chi connectivity index (χ2n) is 3.83. The van der Waals surface area contributed by atoms with Gasteiger partial charge in [0.2, 0.25) is 5.91 Å². The molecule has 0 fully saturated rings. The van der Waals surface area contributed by atoms with E-state index < -0.39 is 6.04 Å². The highest BCUT2D eigenvalue weighted by Crippen LogP contribution is 2.15. The third-order valence-corrected chi connectivity index (χ3v) is 2.75. The normalized spacial score (nSPS) is 11.4. The smallest absolute Gasteiger partial charge is 0.225 e. The van der Waals surface area contributed by atoms with Crippen molar-refractivity contribution in [2.75, 3.05) is 19.4 Å². The predicted molar refractivity (Wildman–Crippen MR) is 70.5 cm³/mol. The summed E-state index contributed by atoms with van der Waals surface area (Å²) >= 11 is 3.33. The van der Waals surface area contributed by atoms with Crippen LogP contribution in [0.3, 0.4) is 0 Å². The Morgan fingerprint density at radius 3 is 2.53 bits per heavy atom. The summed E-state index contributed by atoms with van der Waals surface area (Å²) in [4.78, 5) is 13.0. The number of rotatable bonds is 4. The summed E-state index contributed by atoms with van der Waals surface area (Å²) in [6.45, 7) is 0. The quantitative estimate of drug-likeness (QED) is 0.927. The monoisotopic (exact) mass is 295 g/mol. The molecule has 0 aliphatic heterocycles. The van der Waals surface area contributed by atoms with Gasteiger partial charge in [0, 0.05) is 24.3 Å². The van der Waals surface area contributed by atoms with Crippen molar-refractivity contribution >= 4 is 27.5 Å². The highest BCUT2D eigenvalue weighted by molar-refractivity contribution is 9.10. The Labute approximate surface area is 109 Å². The van der Waals surface area contributed by atoms with E-state index in [2.05, 4.69) is 27.3 Å². The maximum absolute atomic E-state index is 11.5. The largest absolute Gasteiger partial charge is 0.369 e. The number of nitrogens with one attached hydrogen (secondary N) is 1. The first-order valence-electron chi connectivity index (χ1n) is 5.15. The molecule has 0 aliphatic rings. The van der Waals surface area contributed by atoms with E-state index in [4.69, 9.17) is 5.26 Å². The van der Waals surface area contributed by atoms with Gasteiger partial charge in [-0.2, -0.15) is 5.26 Å². The third-order valence-electron chi connectivity index (χ3n) is 2.22. The van der Waals surface area contributed by atoms with Crippen molar-refractivity contribution in [1.82, 2.24) is 4.90 Å². The average Bonchev–Trinajstić information content (AvgIpc) is 2.30.